The van der Waals surface area contributed by atoms with E-state index in [1.165, 1.54) is 6.42 Å². The molecule has 1 fully saturated rings. The molecule has 0 radical (unpaired) electrons. The second-order valence-electron chi connectivity index (χ2n) is 7.46. The number of nitrogens with one attached hydrogen (secondary N) is 1. The maximum atomic E-state index is 13.2. The lowest BCUT2D eigenvalue weighted by molar-refractivity contribution is -0.141. The van der Waals surface area contributed by atoms with Gasteiger partial charge < -0.3 is 10.1 Å². The second kappa shape index (κ2) is 8.38. The molecule has 0 aromatic heterocycles. The van der Waals surface area contributed by atoms with E-state index in [0.717, 1.165) is 31.2 Å². The van der Waals surface area contributed by atoms with Crippen molar-refractivity contribution < 1.29 is 14.3 Å². The van der Waals surface area contributed by atoms with Crippen molar-refractivity contribution >= 4 is 11.9 Å². The van der Waals surface area contributed by atoms with Gasteiger partial charge in [-0.2, -0.15) is 0 Å². The SMILES string of the molecule is Cc1ccc(C(=O)OC(C)(C(=O)NC2CCCCC2)c2ccccc2)cc1. The van der Waals surface area contributed by atoms with Crippen molar-refractivity contribution in [3.05, 3.63) is 71.3 Å². The van der Waals surface area contributed by atoms with Crippen molar-refractivity contribution in [2.45, 2.75) is 57.6 Å². The Morgan fingerprint density at radius 2 is 1.59 bits per heavy atom. The summed E-state index contributed by atoms with van der Waals surface area (Å²) in [5, 5.41) is 3.11. The number of carbonyl (C=O) groups excluding carboxylic acids is 2. The largest absolute Gasteiger partial charge is 0.441 e. The van der Waals surface area contributed by atoms with E-state index >= 15 is 0 Å². The first-order valence-electron chi connectivity index (χ1n) is 9.65. The molecular weight excluding hydrogens is 338 g/mol. The van der Waals surface area contributed by atoms with Crippen LogP contribution in [0.3, 0.4) is 0 Å². The molecule has 0 bridgehead atoms. The number of benzene rings is 2. The Labute approximate surface area is 160 Å². The van der Waals surface area contributed by atoms with Gasteiger partial charge in [-0.1, -0.05) is 67.3 Å². The monoisotopic (exact) mass is 365 g/mol. The first kappa shape index (κ1) is 19.2. The van der Waals surface area contributed by atoms with Gasteiger partial charge in [0.1, 0.15) is 0 Å². The molecule has 1 amide bonds. The molecule has 0 aliphatic heterocycles. The number of esters is 1. The predicted molar refractivity (Wildman–Crippen MR) is 105 cm³/mol. The van der Waals surface area contributed by atoms with E-state index in [2.05, 4.69) is 5.32 Å². The summed E-state index contributed by atoms with van der Waals surface area (Å²) in [7, 11) is 0. The van der Waals surface area contributed by atoms with E-state index < -0.39 is 11.6 Å². The second-order valence-corrected chi connectivity index (χ2v) is 7.46. The first-order chi connectivity index (χ1) is 13.0. The summed E-state index contributed by atoms with van der Waals surface area (Å²) >= 11 is 0. The molecule has 0 spiro atoms. The zero-order chi connectivity index (χ0) is 19.3. The topological polar surface area (TPSA) is 55.4 Å². The van der Waals surface area contributed by atoms with Crippen molar-refractivity contribution in [3.8, 4) is 0 Å². The van der Waals surface area contributed by atoms with Crippen molar-refractivity contribution in [3.63, 3.8) is 0 Å². The zero-order valence-corrected chi connectivity index (χ0v) is 16.0. The van der Waals surface area contributed by atoms with Crippen molar-refractivity contribution in [1.29, 1.82) is 0 Å². The highest BCUT2D eigenvalue weighted by molar-refractivity contribution is 5.94. The molecule has 1 N–H and O–H groups in total. The Kier molecular flexibility index (Phi) is 5.94. The Morgan fingerprint density at radius 1 is 0.963 bits per heavy atom. The molecule has 0 heterocycles. The number of rotatable bonds is 5. The van der Waals surface area contributed by atoms with E-state index in [1.807, 2.05) is 49.4 Å². The Balaban J connectivity index is 1.84. The summed E-state index contributed by atoms with van der Waals surface area (Å²) in [6.45, 7) is 3.63. The lowest BCUT2D eigenvalue weighted by atomic mass is 9.91. The summed E-state index contributed by atoms with van der Waals surface area (Å²) < 4.78 is 5.80. The average Bonchev–Trinajstić information content (AvgIpc) is 2.69. The Hall–Kier alpha value is -2.62. The lowest BCUT2D eigenvalue weighted by Crippen LogP contribution is -2.49. The van der Waals surface area contributed by atoms with Gasteiger partial charge in [0.05, 0.1) is 5.56 Å². The third kappa shape index (κ3) is 4.57. The van der Waals surface area contributed by atoms with Gasteiger partial charge in [0.2, 0.25) is 5.60 Å². The van der Waals surface area contributed by atoms with Gasteiger partial charge in [-0.25, -0.2) is 4.79 Å². The molecule has 1 aliphatic rings. The smallest absolute Gasteiger partial charge is 0.339 e. The third-order valence-corrected chi connectivity index (χ3v) is 5.28. The van der Waals surface area contributed by atoms with Gasteiger partial charge in [0, 0.05) is 11.6 Å². The third-order valence-electron chi connectivity index (χ3n) is 5.28. The number of amides is 1. The molecule has 4 heteroatoms. The first-order valence-corrected chi connectivity index (χ1v) is 9.65. The number of aryl methyl sites for hydroxylation is 1. The van der Waals surface area contributed by atoms with Crippen molar-refractivity contribution in [2.75, 3.05) is 0 Å². The fraction of sp³-hybridized carbons (Fsp3) is 0.391. The summed E-state index contributed by atoms with van der Waals surface area (Å²) in [4.78, 5) is 25.9. The van der Waals surface area contributed by atoms with Gasteiger partial charge in [-0.05, 0) is 38.8 Å². The van der Waals surface area contributed by atoms with Crippen LogP contribution in [-0.4, -0.2) is 17.9 Å². The minimum Gasteiger partial charge on any atom is -0.441 e. The molecule has 3 rings (SSSR count). The van der Waals surface area contributed by atoms with Crippen LogP contribution < -0.4 is 5.32 Å². The summed E-state index contributed by atoms with van der Waals surface area (Å²) in [6, 6.07) is 16.5. The number of hydrogen-bond acceptors (Lipinski definition) is 3. The van der Waals surface area contributed by atoms with Crippen LogP contribution in [0.2, 0.25) is 0 Å². The highest BCUT2D eigenvalue weighted by atomic mass is 16.6. The summed E-state index contributed by atoms with van der Waals surface area (Å²) in [5.74, 6) is -0.763. The van der Waals surface area contributed by atoms with E-state index in [-0.39, 0.29) is 11.9 Å². The van der Waals surface area contributed by atoms with Crippen molar-refractivity contribution in [2.24, 2.45) is 0 Å². The van der Waals surface area contributed by atoms with E-state index in [4.69, 9.17) is 4.74 Å². The van der Waals surface area contributed by atoms with Crippen LogP contribution in [-0.2, 0) is 15.1 Å². The highest BCUT2D eigenvalue weighted by Crippen LogP contribution is 2.28. The van der Waals surface area contributed by atoms with Crippen LogP contribution in [0, 0.1) is 6.92 Å². The molecule has 2 aromatic carbocycles. The molecule has 1 unspecified atom stereocenters. The average molecular weight is 365 g/mol. The zero-order valence-electron chi connectivity index (χ0n) is 16.0. The lowest BCUT2D eigenvalue weighted by Gasteiger charge is -2.32. The molecule has 1 aliphatic carbocycles. The van der Waals surface area contributed by atoms with Gasteiger partial charge in [-0.15, -0.1) is 0 Å². The minimum atomic E-state index is -1.37. The molecule has 1 saturated carbocycles. The van der Waals surface area contributed by atoms with Gasteiger partial charge in [0.15, 0.2) is 0 Å². The van der Waals surface area contributed by atoms with Crippen LogP contribution in [0.5, 0.6) is 0 Å². The maximum absolute atomic E-state index is 13.2. The molecule has 2 aromatic rings. The van der Waals surface area contributed by atoms with Crippen LogP contribution in [0.4, 0.5) is 0 Å². The highest BCUT2D eigenvalue weighted by Gasteiger charge is 2.40. The molecular formula is C23H27NO3. The van der Waals surface area contributed by atoms with Crippen LogP contribution >= 0.6 is 0 Å². The fourth-order valence-corrected chi connectivity index (χ4v) is 3.50. The van der Waals surface area contributed by atoms with E-state index in [1.54, 1.807) is 19.1 Å². The Morgan fingerprint density at radius 3 is 2.22 bits per heavy atom. The van der Waals surface area contributed by atoms with E-state index in [0.29, 0.717) is 11.1 Å². The van der Waals surface area contributed by atoms with Crippen LogP contribution in [0.15, 0.2) is 54.6 Å². The molecule has 142 valence electrons. The van der Waals surface area contributed by atoms with Crippen LogP contribution in [0.25, 0.3) is 0 Å². The normalized spacial score (nSPS) is 17.0. The van der Waals surface area contributed by atoms with Crippen LogP contribution in [0.1, 0.15) is 60.5 Å². The van der Waals surface area contributed by atoms with Crippen molar-refractivity contribution in [1.82, 2.24) is 5.32 Å². The Bertz CT molecular complexity index is 779. The summed E-state index contributed by atoms with van der Waals surface area (Å²) in [6.07, 6.45) is 5.40. The number of hydrogen-bond donors (Lipinski definition) is 1. The quantitative estimate of drug-likeness (QED) is 0.793. The number of carbonyl (C=O) groups is 2. The predicted octanol–water partition coefficient (Wildman–Crippen LogP) is 4.52. The molecule has 4 nitrogen and oxygen atoms in total. The fourth-order valence-electron chi connectivity index (χ4n) is 3.50. The van der Waals surface area contributed by atoms with Gasteiger partial charge in [0.25, 0.3) is 5.91 Å². The van der Waals surface area contributed by atoms with Gasteiger partial charge in [-0.3, -0.25) is 4.79 Å². The van der Waals surface area contributed by atoms with Gasteiger partial charge >= 0.3 is 5.97 Å². The molecule has 1 atom stereocenters. The maximum Gasteiger partial charge on any atom is 0.339 e. The number of ether oxygens (including phenoxy) is 1. The molecule has 0 saturated heterocycles. The van der Waals surface area contributed by atoms with E-state index in [9.17, 15) is 9.59 Å². The minimum absolute atomic E-state index is 0.146. The standard InChI is InChI=1S/C23H27NO3/c1-17-13-15-18(16-14-17)21(25)27-23(2,19-9-5-3-6-10-19)22(26)24-20-11-7-4-8-12-20/h3,5-6,9-10,13-16,20H,4,7-8,11-12H2,1-2H3,(H,24,26). The molecule has 27 heavy (non-hydrogen) atoms. The summed E-state index contributed by atoms with van der Waals surface area (Å²) in [5.41, 5.74) is 0.792.